The molecule has 0 aromatic carbocycles. The standard InChI is InChI=1S/C34H38N2O4S2/c1-3-4-5-25-23-8-7-22-21-12-14-34(29(22)28(23)32(37)39-25)26-10-6-18(2)17-41-42-27-11-9-20-19(13-15-35-31(20)36-27)16-24(21)30(34)33(38)40-26/h5,9-11,13,18,21-22,27,29,35-36H,3-4,6-8,12,14-17H2,1-2H3. The summed E-state index contributed by atoms with van der Waals surface area (Å²) in [5.41, 5.74) is 5.93. The minimum atomic E-state index is -0.582. The molecule has 8 heteroatoms. The van der Waals surface area contributed by atoms with Gasteiger partial charge >= 0.3 is 11.9 Å². The first-order chi connectivity index (χ1) is 20.5. The Morgan fingerprint density at radius 3 is 2.95 bits per heavy atom. The van der Waals surface area contributed by atoms with E-state index in [1.54, 1.807) is 0 Å². The zero-order valence-electron chi connectivity index (χ0n) is 24.3. The lowest BCUT2D eigenvalue weighted by Gasteiger charge is -2.56. The van der Waals surface area contributed by atoms with Crippen LogP contribution in [-0.4, -0.2) is 29.6 Å². The Balaban J connectivity index is 1.31. The molecule has 6 unspecified atom stereocenters. The van der Waals surface area contributed by atoms with Crippen molar-refractivity contribution in [2.24, 2.45) is 29.1 Å². The van der Waals surface area contributed by atoms with Crippen molar-refractivity contribution in [3.05, 3.63) is 81.2 Å². The molecular formula is C34H38N2O4S2. The number of hydrogen-bond donors (Lipinski definition) is 2. The van der Waals surface area contributed by atoms with Gasteiger partial charge in [-0.3, -0.25) is 0 Å². The highest BCUT2D eigenvalue weighted by atomic mass is 33.1. The molecule has 1 saturated heterocycles. The highest BCUT2D eigenvalue weighted by molar-refractivity contribution is 8.77. The summed E-state index contributed by atoms with van der Waals surface area (Å²) in [5, 5.41) is 7.49. The molecule has 10 rings (SSSR count). The Hall–Kier alpha value is -2.58. The summed E-state index contributed by atoms with van der Waals surface area (Å²) in [6.07, 6.45) is 18.4. The normalized spacial score (nSPS) is 37.7. The van der Waals surface area contributed by atoms with E-state index in [0.717, 1.165) is 97.7 Å². The van der Waals surface area contributed by atoms with Crippen LogP contribution in [0.15, 0.2) is 81.2 Å². The van der Waals surface area contributed by atoms with Crippen LogP contribution in [0.4, 0.5) is 0 Å². The second-order valence-electron chi connectivity index (χ2n) is 13.0. The number of nitrogens with one attached hydrogen (secondary N) is 2. The number of cyclic esters (lactones) is 1. The Morgan fingerprint density at radius 2 is 2.07 bits per heavy atom. The molecule has 42 heavy (non-hydrogen) atoms. The van der Waals surface area contributed by atoms with E-state index < -0.39 is 5.41 Å². The van der Waals surface area contributed by atoms with Crippen molar-refractivity contribution in [2.45, 2.75) is 70.6 Å². The number of rotatable bonds is 2. The zero-order valence-corrected chi connectivity index (χ0v) is 25.9. The number of ether oxygens (including phenoxy) is 2. The summed E-state index contributed by atoms with van der Waals surface area (Å²) in [7, 11) is 3.76. The van der Waals surface area contributed by atoms with Crippen molar-refractivity contribution < 1.29 is 19.1 Å². The van der Waals surface area contributed by atoms with Crippen molar-refractivity contribution in [1.82, 2.24) is 10.6 Å². The third-order valence-corrected chi connectivity index (χ3v) is 13.4. The smallest absolute Gasteiger partial charge is 0.340 e. The maximum Gasteiger partial charge on any atom is 0.340 e. The molecule has 2 fully saturated rings. The lowest BCUT2D eigenvalue weighted by molar-refractivity contribution is -0.135. The highest BCUT2D eigenvalue weighted by Crippen LogP contribution is 2.71. The van der Waals surface area contributed by atoms with Gasteiger partial charge in [-0.05, 0) is 80.4 Å². The summed E-state index contributed by atoms with van der Waals surface area (Å²) >= 11 is 0. The van der Waals surface area contributed by atoms with Crippen LogP contribution in [0.1, 0.15) is 65.2 Å². The predicted molar refractivity (Wildman–Crippen MR) is 166 cm³/mol. The fourth-order valence-electron chi connectivity index (χ4n) is 8.93. The van der Waals surface area contributed by atoms with Crippen LogP contribution in [0.2, 0.25) is 0 Å². The average molecular weight is 603 g/mol. The highest BCUT2D eigenvalue weighted by Gasteiger charge is 2.68. The number of carbonyl (C=O) groups is 2. The quantitative estimate of drug-likeness (QED) is 0.266. The lowest BCUT2D eigenvalue weighted by Crippen LogP contribution is -2.52. The van der Waals surface area contributed by atoms with Crippen molar-refractivity contribution in [3.63, 3.8) is 0 Å². The van der Waals surface area contributed by atoms with Gasteiger partial charge in [0.25, 0.3) is 0 Å². The Labute approximate surface area is 255 Å². The number of carbonyl (C=O) groups excluding carboxylic acids is 2. The number of hydrogen-bond acceptors (Lipinski definition) is 8. The molecule has 6 nitrogen and oxygen atoms in total. The molecule has 0 radical (unpaired) electrons. The third-order valence-electron chi connectivity index (χ3n) is 10.7. The summed E-state index contributed by atoms with van der Waals surface area (Å²) in [4.78, 5) is 27.7. The summed E-state index contributed by atoms with van der Waals surface area (Å²) in [5.74, 6) is 4.20. The van der Waals surface area contributed by atoms with Crippen LogP contribution >= 0.6 is 21.6 Å². The van der Waals surface area contributed by atoms with Gasteiger partial charge in [0.2, 0.25) is 0 Å². The minimum Gasteiger partial charge on any atom is -0.427 e. The Bertz CT molecular complexity index is 1500. The fourth-order valence-corrected chi connectivity index (χ4v) is 11.5. The molecule has 10 aliphatic rings. The largest absolute Gasteiger partial charge is 0.427 e. The van der Waals surface area contributed by atoms with Crippen LogP contribution in [0, 0.1) is 29.1 Å². The van der Waals surface area contributed by atoms with Gasteiger partial charge in [0.1, 0.15) is 22.7 Å². The van der Waals surface area contributed by atoms with E-state index in [0.29, 0.717) is 11.8 Å². The monoisotopic (exact) mass is 602 g/mol. The van der Waals surface area contributed by atoms with Crippen LogP contribution in [0.25, 0.3) is 0 Å². The molecule has 6 aliphatic heterocycles. The molecule has 2 N–H and O–H groups in total. The molecule has 4 aliphatic carbocycles. The fraction of sp³-hybridized carbons (Fsp3) is 0.529. The van der Waals surface area contributed by atoms with Crippen LogP contribution in [0.5, 0.6) is 0 Å². The molecule has 1 saturated carbocycles. The zero-order chi connectivity index (χ0) is 28.6. The molecule has 9 bridgehead atoms. The van der Waals surface area contributed by atoms with E-state index in [1.807, 2.05) is 21.6 Å². The molecule has 6 atom stereocenters. The Kier molecular flexibility index (Phi) is 6.60. The lowest BCUT2D eigenvalue weighted by atomic mass is 9.44. The summed E-state index contributed by atoms with van der Waals surface area (Å²) < 4.78 is 12.3. The molecule has 0 aromatic heterocycles. The average Bonchev–Trinajstić information content (AvgIpc) is 3.48. The topological polar surface area (TPSA) is 76.7 Å². The number of esters is 2. The van der Waals surface area contributed by atoms with E-state index in [2.05, 4.69) is 54.9 Å². The van der Waals surface area contributed by atoms with E-state index in [9.17, 15) is 9.59 Å². The molecule has 6 heterocycles. The van der Waals surface area contributed by atoms with Crippen molar-refractivity contribution in [1.29, 1.82) is 0 Å². The van der Waals surface area contributed by atoms with Gasteiger partial charge < -0.3 is 20.1 Å². The van der Waals surface area contributed by atoms with Gasteiger partial charge in [0.15, 0.2) is 0 Å². The van der Waals surface area contributed by atoms with Gasteiger partial charge in [0.05, 0.1) is 11.0 Å². The molecule has 0 aromatic rings. The summed E-state index contributed by atoms with van der Waals surface area (Å²) in [6.45, 7) is 5.19. The van der Waals surface area contributed by atoms with Crippen LogP contribution < -0.4 is 10.6 Å². The van der Waals surface area contributed by atoms with Crippen molar-refractivity contribution in [2.75, 3.05) is 12.3 Å². The van der Waals surface area contributed by atoms with E-state index in [4.69, 9.17) is 9.47 Å². The molecule has 220 valence electrons. The van der Waals surface area contributed by atoms with Gasteiger partial charge in [-0.25, -0.2) is 9.59 Å². The number of fused-ring (bicyclic) bond motifs is 6. The van der Waals surface area contributed by atoms with E-state index in [1.165, 1.54) is 16.7 Å². The number of allylic oxidation sites excluding steroid dienone is 8. The van der Waals surface area contributed by atoms with Gasteiger partial charge in [-0.1, -0.05) is 65.7 Å². The minimum absolute atomic E-state index is 0.0654. The van der Waals surface area contributed by atoms with Crippen molar-refractivity contribution >= 4 is 33.5 Å². The Morgan fingerprint density at radius 1 is 1.17 bits per heavy atom. The molecule has 0 amide bonds. The first kappa shape index (κ1) is 27.0. The predicted octanol–water partition coefficient (Wildman–Crippen LogP) is 6.74. The van der Waals surface area contributed by atoms with Crippen molar-refractivity contribution in [3.8, 4) is 0 Å². The van der Waals surface area contributed by atoms with Crippen LogP contribution in [-0.2, 0) is 19.1 Å². The second kappa shape index (κ2) is 10.3. The SMILES string of the molecule is CCCC=C1OC(=O)C2=C1CCC1C3CCC4(C5=CCC(C)CSSC6C=CC7=C(NCC=C7CC3=C4C(=O)O5)N6)C21. The van der Waals surface area contributed by atoms with Crippen LogP contribution in [0.3, 0.4) is 0 Å². The first-order valence-electron chi connectivity index (χ1n) is 15.7. The first-order valence-corrected chi connectivity index (χ1v) is 18.1. The third kappa shape index (κ3) is 3.93. The maximum atomic E-state index is 14.0. The number of unbranched alkanes of at least 4 members (excludes halogenated alkanes) is 1. The second-order valence-corrected chi connectivity index (χ2v) is 15.6. The van der Waals surface area contributed by atoms with Gasteiger partial charge in [-0.2, -0.15) is 0 Å². The van der Waals surface area contributed by atoms with Gasteiger partial charge in [-0.15, -0.1) is 0 Å². The molecular weight excluding hydrogens is 565 g/mol. The van der Waals surface area contributed by atoms with E-state index >= 15 is 0 Å². The number of dihydropyridines is 2. The molecule has 1 spiro atoms. The van der Waals surface area contributed by atoms with E-state index in [-0.39, 0.29) is 29.1 Å². The van der Waals surface area contributed by atoms with Gasteiger partial charge in [0, 0.05) is 34.9 Å². The summed E-state index contributed by atoms with van der Waals surface area (Å²) in [6, 6.07) is 0. The maximum absolute atomic E-state index is 14.0.